The third-order valence-corrected chi connectivity index (χ3v) is 4.40. The fourth-order valence-corrected chi connectivity index (χ4v) is 2.77. The van der Waals surface area contributed by atoms with E-state index in [9.17, 15) is 4.79 Å². The molecule has 0 heterocycles. The van der Waals surface area contributed by atoms with Gasteiger partial charge in [-0.1, -0.05) is 25.1 Å². The number of hydrogen-bond acceptors (Lipinski definition) is 4. The smallest absolute Gasteiger partial charge is 0.246 e. The molecule has 2 aromatic rings. The highest BCUT2D eigenvalue weighted by Crippen LogP contribution is 2.29. The van der Waals surface area contributed by atoms with Crippen molar-refractivity contribution in [3.05, 3.63) is 59.7 Å². The van der Waals surface area contributed by atoms with Crippen LogP contribution in [0.2, 0.25) is 0 Å². The molecule has 0 atom stereocenters. The highest BCUT2D eigenvalue weighted by Gasteiger charge is 2.08. The van der Waals surface area contributed by atoms with Crippen LogP contribution in [0.3, 0.4) is 0 Å². The van der Waals surface area contributed by atoms with Gasteiger partial charge in [0.25, 0.3) is 0 Å². The Morgan fingerprint density at radius 1 is 0.966 bits per heavy atom. The Bertz CT molecular complexity index is 813. The zero-order valence-corrected chi connectivity index (χ0v) is 18.1. The van der Waals surface area contributed by atoms with Gasteiger partial charge in [0, 0.05) is 39.5 Å². The van der Waals surface area contributed by atoms with Gasteiger partial charge in [-0.25, -0.2) is 0 Å². The minimum atomic E-state index is -0.0500. The van der Waals surface area contributed by atoms with Crippen molar-refractivity contribution in [2.75, 3.05) is 39.3 Å². The predicted molar refractivity (Wildman–Crippen MR) is 120 cm³/mol. The van der Waals surface area contributed by atoms with E-state index in [1.54, 1.807) is 24.1 Å². The lowest BCUT2D eigenvalue weighted by Crippen LogP contribution is -2.24. The standard InChI is InChI=1S/C24H32N2O3/c1-6-16-29-22-14-10-19(17-23(22)28-7-2)11-15-24(27)26(5)18-20-8-12-21(13-9-20)25(3)4/h8-15,17H,6-7,16,18H2,1-5H3/b15-11+. The first-order valence-electron chi connectivity index (χ1n) is 10.0. The Labute approximate surface area is 174 Å². The molecule has 0 radical (unpaired) electrons. The molecule has 5 nitrogen and oxygen atoms in total. The Balaban J connectivity index is 2.02. The van der Waals surface area contributed by atoms with Gasteiger partial charge in [0.15, 0.2) is 11.5 Å². The molecule has 0 bridgehead atoms. The van der Waals surface area contributed by atoms with E-state index in [2.05, 4.69) is 24.0 Å². The monoisotopic (exact) mass is 396 g/mol. The van der Waals surface area contributed by atoms with E-state index in [-0.39, 0.29) is 5.91 Å². The largest absolute Gasteiger partial charge is 0.490 e. The summed E-state index contributed by atoms with van der Waals surface area (Å²) in [5.74, 6) is 1.38. The van der Waals surface area contributed by atoms with Crippen LogP contribution < -0.4 is 14.4 Å². The first kappa shape index (κ1) is 22.3. The maximum atomic E-state index is 12.5. The highest BCUT2D eigenvalue weighted by atomic mass is 16.5. The Kier molecular flexibility index (Phi) is 8.59. The molecule has 156 valence electrons. The molecule has 5 heteroatoms. The van der Waals surface area contributed by atoms with Gasteiger partial charge in [0.2, 0.25) is 5.91 Å². The van der Waals surface area contributed by atoms with E-state index >= 15 is 0 Å². The molecule has 29 heavy (non-hydrogen) atoms. The topological polar surface area (TPSA) is 42.0 Å². The molecular formula is C24H32N2O3. The van der Waals surface area contributed by atoms with E-state index in [0.717, 1.165) is 29.0 Å². The van der Waals surface area contributed by atoms with Crippen molar-refractivity contribution in [1.82, 2.24) is 4.90 Å². The number of ether oxygens (including phenoxy) is 2. The quantitative estimate of drug-likeness (QED) is 0.550. The summed E-state index contributed by atoms with van der Waals surface area (Å²) in [6, 6.07) is 13.9. The number of anilines is 1. The fraction of sp³-hybridized carbons (Fsp3) is 0.375. The maximum Gasteiger partial charge on any atom is 0.246 e. The number of hydrogen-bond donors (Lipinski definition) is 0. The van der Waals surface area contributed by atoms with Gasteiger partial charge in [-0.05, 0) is 54.8 Å². The summed E-state index contributed by atoms with van der Waals surface area (Å²) in [6.07, 6.45) is 4.33. The van der Waals surface area contributed by atoms with Gasteiger partial charge < -0.3 is 19.3 Å². The number of benzene rings is 2. The number of rotatable bonds is 10. The molecule has 0 aliphatic heterocycles. The molecule has 0 saturated heterocycles. The van der Waals surface area contributed by atoms with E-state index in [0.29, 0.717) is 25.5 Å². The van der Waals surface area contributed by atoms with Crippen molar-refractivity contribution in [3.63, 3.8) is 0 Å². The normalized spacial score (nSPS) is 10.8. The SMILES string of the molecule is CCCOc1ccc(/C=C/C(=O)N(C)Cc2ccc(N(C)C)cc2)cc1OCC. The van der Waals surface area contributed by atoms with Gasteiger partial charge in [-0.3, -0.25) is 4.79 Å². The van der Waals surface area contributed by atoms with Crippen LogP contribution in [-0.4, -0.2) is 45.2 Å². The average Bonchev–Trinajstić information content (AvgIpc) is 2.71. The second kappa shape index (κ2) is 11.1. The fourth-order valence-electron chi connectivity index (χ4n) is 2.77. The number of carbonyl (C=O) groups is 1. The maximum absolute atomic E-state index is 12.5. The summed E-state index contributed by atoms with van der Waals surface area (Å²) in [7, 11) is 5.82. The lowest BCUT2D eigenvalue weighted by Gasteiger charge is -2.17. The Morgan fingerprint density at radius 2 is 1.69 bits per heavy atom. The third kappa shape index (κ3) is 6.86. The van der Waals surface area contributed by atoms with Crippen LogP contribution in [0.1, 0.15) is 31.4 Å². The van der Waals surface area contributed by atoms with Crippen molar-refractivity contribution in [2.45, 2.75) is 26.8 Å². The minimum Gasteiger partial charge on any atom is -0.490 e. The Morgan fingerprint density at radius 3 is 2.31 bits per heavy atom. The Hall–Kier alpha value is -2.95. The van der Waals surface area contributed by atoms with Crippen molar-refractivity contribution in [3.8, 4) is 11.5 Å². The van der Waals surface area contributed by atoms with Crippen molar-refractivity contribution < 1.29 is 14.3 Å². The van der Waals surface area contributed by atoms with E-state index < -0.39 is 0 Å². The van der Waals surface area contributed by atoms with Gasteiger partial charge in [0.05, 0.1) is 13.2 Å². The van der Waals surface area contributed by atoms with E-state index in [4.69, 9.17) is 9.47 Å². The predicted octanol–water partition coefficient (Wildman–Crippen LogP) is 4.61. The van der Waals surface area contributed by atoms with Crippen LogP contribution in [0.25, 0.3) is 6.08 Å². The summed E-state index contributed by atoms with van der Waals surface area (Å²) < 4.78 is 11.4. The molecule has 0 aliphatic rings. The van der Waals surface area contributed by atoms with Crippen LogP contribution in [0.4, 0.5) is 5.69 Å². The molecule has 0 unspecified atom stereocenters. The summed E-state index contributed by atoms with van der Waals surface area (Å²) in [4.78, 5) is 16.2. The zero-order valence-electron chi connectivity index (χ0n) is 18.1. The summed E-state index contributed by atoms with van der Waals surface area (Å²) in [5.41, 5.74) is 3.13. The lowest BCUT2D eigenvalue weighted by molar-refractivity contribution is -0.125. The molecule has 0 fully saturated rings. The molecule has 0 aromatic heterocycles. The van der Waals surface area contributed by atoms with Crippen molar-refractivity contribution in [2.24, 2.45) is 0 Å². The number of likely N-dealkylation sites (N-methyl/N-ethyl adjacent to an activating group) is 1. The lowest BCUT2D eigenvalue weighted by atomic mass is 10.1. The van der Waals surface area contributed by atoms with Crippen LogP contribution in [-0.2, 0) is 11.3 Å². The first-order valence-corrected chi connectivity index (χ1v) is 10.0. The molecule has 2 rings (SSSR count). The number of amides is 1. The number of carbonyl (C=O) groups excluding carboxylic acids is 1. The second-order valence-electron chi connectivity index (χ2n) is 7.08. The molecule has 1 amide bonds. The van der Waals surface area contributed by atoms with Crippen LogP contribution in [0.15, 0.2) is 48.5 Å². The molecule has 0 aliphatic carbocycles. The highest BCUT2D eigenvalue weighted by molar-refractivity contribution is 5.91. The van der Waals surface area contributed by atoms with Crippen molar-refractivity contribution >= 4 is 17.7 Å². The average molecular weight is 397 g/mol. The van der Waals surface area contributed by atoms with Gasteiger partial charge in [-0.15, -0.1) is 0 Å². The van der Waals surface area contributed by atoms with E-state index in [1.807, 2.05) is 51.4 Å². The number of nitrogens with zero attached hydrogens (tertiary/aromatic N) is 2. The summed E-state index contributed by atoms with van der Waals surface area (Å²) in [5, 5.41) is 0. The van der Waals surface area contributed by atoms with Gasteiger partial charge in [-0.2, -0.15) is 0 Å². The second-order valence-corrected chi connectivity index (χ2v) is 7.08. The van der Waals surface area contributed by atoms with Crippen LogP contribution in [0, 0.1) is 0 Å². The molecular weight excluding hydrogens is 364 g/mol. The summed E-state index contributed by atoms with van der Waals surface area (Å²) >= 11 is 0. The van der Waals surface area contributed by atoms with Crippen LogP contribution >= 0.6 is 0 Å². The van der Waals surface area contributed by atoms with Gasteiger partial charge >= 0.3 is 0 Å². The molecule has 0 spiro atoms. The third-order valence-electron chi connectivity index (χ3n) is 4.40. The molecule has 0 saturated carbocycles. The zero-order chi connectivity index (χ0) is 21.2. The molecule has 0 N–H and O–H groups in total. The molecule has 2 aromatic carbocycles. The first-order chi connectivity index (χ1) is 13.9. The minimum absolute atomic E-state index is 0.0500. The summed E-state index contributed by atoms with van der Waals surface area (Å²) in [6.45, 7) is 5.77. The van der Waals surface area contributed by atoms with Gasteiger partial charge in [0.1, 0.15) is 0 Å². The van der Waals surface area contributed by atoms with E-state index in [1.165, 1.54) is 0 Å². The van der Waals surface area contributed by atoms with Crippen LogP contribution in [0.5, 0.6) is 11.5 Å². The van der Waals surface area contributed by atoms with Crippen molar-refractivity contribution in [1.29, 1.82) is 0 Å².